The first kappa shape index (κ1) is 17.3. The van der Waals surface area contributed by atoms with Gasteiger partial charge in [0.25, 0.3) is 5.91 Å². The molecular formula is C21H25NO3. The maximum Gasteiger partial charge on any atom is 0.251 e. The Bertz CT molecular complexity index is 770. The first-order valence-electron chi connectivity index (χ1n) is 8.85. The highest BCUT2D eigenvalue weighted by molar-refractivity contribution is 5.94. The molecular weight excluding hydrogens is 314 g/mol. The summed E-state index contributed by atoms with van der Waals surface area (Å²) in [7, 11) is 1.62. The number of methoxy groups -OCH3 is 1. The van der Waals surface area contributed by atoms with E-state index in [2.05, 4.69) is 11.4 Å². The number of rotatable bonds is 6. The molecule has 2 aromatic carbocycles. The molecule has 4 heteroatoms. The van der Waals surface area contributed by atoms with Gasteiger partial charge in [-0.05, 0) is 74.1 Å². The van der Waals surface area contributed by atoms with E-state index in [0.29, 0.717) is 18.1 Å². The Kier molecular flexibility index (Phi) is 5.27. The van der Waals surface area contributed by atoms with E-state index in [-0.39, 0.29) is 11.9 Å². The minimum absolute atomic E-state index is 0.0462. The van der Waals surface area contributed by atoms with Crippen molar-refractivity contribution in [3.63, 3.8) is 0 Å². The van der Waals surface area contributed by atoms with Gasteiger partial charge in [-0.1, -0.05) is 12.1 Å². The number of ether oxygens (including phenoxy) is 2. The summed E-state index contributed by atoms with van der Waals surface area (Å²) in [6.07, 6.45) is 3.38. The van der Waals surface area contributed by atoms with E-state index in [1.807, 2.05) is 44.2 Å². The zero-order valence-electron chi connectivity index (χ0n) is 15.1. The van der Waals surface area contributed by atoms with Gasteiger partial charge in [-0.3, -0.25) is 4.79 Å². The Labute approximate surface area is 149 Å². The summed E-state index contributed by atoms with van der Waals surface area (Å²) in [5.74, 6) is 1.35. The standard InChI is InChI=1S/C21H25NO3/c1-4-25-19-11-10-16(13-20(19)24-3)14(2)22-21(23)18-9-8-15-6-5-7-17(15)12-18/h8-14H,4-7H2,1-3H3,(H,22,23). The number of fused-ring (bicyclic) bond motifs is 1. The minimum atomic E-state index is -0.120. The summed E-state index contributed by atoms with van der Waals surface area (Å²) in [5, 5.41) is 3.07. The van der Waals surface area contributed by atoms with Gasteiger partial charge in [-0.2, -0.15) is 0 Å². The predicted molar refractivity (Wildman–Crippen MR) is 98.5 cm³/mol. The van der Waals surface area contributed by atoms with Crippen LogP contribution in [0, 0.1) is 0 Å². The monoisotopic (exact) mass is 339 g/mol. The lowest BCUT2D eigenvalue weighted by molar-refractivity contribution is 0.0939. The van der Waals surface area contributed by atoms with Crippen molar-refractivity contribution >= 4 is 5.91 Å². The molecule has 2 aromatic rings. The van der Waals surface area contributed by atoms with E-state index in [0.717, 1.165) is 24.0 Å². The molecule has 1 aliphatic carbocycles. The van der Waals surface area contributed by atoms with Crippen molar-refractivity contribution < 1.29 is 14.3 Å². The van der Waals surface area contributed by atoms with Crippen LogP contribution in [0.15, 0.2) is 36.4 Å². The van der Waals surface area contributed by atoms with Crippen LogP contribution in [0.4, 0.5) is 0 Å². The molecule has 0 bridgehead atoms. The first-order chi connectivity index (χ1) is 12.1. The van der Waals surface area contributed by atoms with Gasteiger partial charge in [0.15, 0.2) is 11.5 Å². The molecule has 1 atom stereocenters. The third kappa shape index (κ3) is 3.78. The fourth-order valence-corrected chi connectivity index (χ4v) is 3.30. The van der Waals surface area contributed by atoms with Gasteiger partial charge in [0.1, 0.15) is 0 Å². The Morgan fingerprint density at radius 1 is 1.12 bits per heavy atom. The smallest absolute Gasteiger partial charge is 0.251 e. The zero-order chi connectivity index (χ0) is 17.8. The quantitative estimate of drug-likeness (QED) is 0.863. The van der Waals surface area contributed by atoms with Crippen molar-refractivity contribution in [2.75, 3.05) is 13.7 Å². The highest BCUT2D eigenvalue weighted by Crippen LogP contribution is 2.30. The van der Waals surface area contributed by atoms with Crippen LogP contribution in [0.2, 0.25) is 0 Å². The molecule has 1 amide bonds. The maximum absolute atomic E-state index is 12.6. The SMILES string of the molecule is CCOc1ccc(C(C)NC(=O)c2ccc3c(c2)CCC3)cc1OC. The number of benzene rings is 2. The zero-order valence-corrected chi connectivity index (χ0v) is 15.1. The van der Waals surface area contributed by atoms with Gasteiger partial charge in [0.05, 0.1) is 19.8 Å². The Hall–Kier alpha value is -2.49. The minimum Gasteiger partial charge on any atom is -0.493 e. The molecule has 1 N–H and O–H groups in total. The largest absolute Gasteiger partial charge is 0.493 e. The van der Waals surface area contributed by atoms with Gasteiger partial charge < -0.3 is 14.8 Å². The van der Waals surface area contributed by atoms with E-state index in [1.165, 1.54) is 17.5 Å². The van der Waals surface area contributed by atoms with Crippen LogP contribution in [-0.2, 0) is 12.8 Å². The average Bonchev–Trinajstić information content (AvgIpc) is 3.09. The molecule has 0 radical (unpaired) electrons. The third-order valence-electron chi connectivity index (χ3n) is 4.70. The lowest BCUT2D eigenvalue weighted by atomic mass is 10.0. The number of carbonyl (C=O) groups is 1. The molecule has 3 rings (SSSR count). The normalized spacial score (nSPS) is 13.9. The van der Waals surface area contributed by atoms with E-state index in [9.17, 15) is 4.79 Å². The molecule has 0 aliphatic heterocycles. The molecule has 0 spiro atoms. The van der Waals surface area contributed by atoms with Crippen LogP contribution < -0.4 is 14.8 Å². The van der Waals surface area contributed by atoms with Crippen LogP contribution >= 0.6 is 0 Å². The average molecular weight is 339 g/mol. The van der Waals surface area contributed by atoms with Crippen LogP contribution in [0.1, 0.15) is 53.4 Å². The van der Waals surface area contributed by atoms with Crippen molar-refractivity contribution in [1.82, 2.24) is 5.32 Å². The van der Waals surface area contributed by atoms with Crippen molar-refractivity contribution in [1.29, 1.82) is 0 Å². The number of nitrogens with one attached hydrogen (secondary N) is 1. The molecule has 0 saturated carbocycles. The van der Waals surface area contributed by atoms with Crippen LogP contribution in [0.3, 0.4) is 0 Å². The number of hydrogen-bond donors (Lipinski definition) is 1. The second-order valence-corrected chi connectivity index (χ2v) is 6.38. The van der Waals surface area contributed by atoms with E-state index >= 15 is 0 Å². The second kappa shape index (κ2) is 7.60. The molecule has 25 heavy (non-hydrogen) atoms. The number of carbonyl (C=O) groups excluding carboxylic acids is 1. The summed E-state index contributed by atoms with van der Waals surface area (Å²) in [4.78, 5) is 12.6. The van der Waals surface area contributed by atoms with Gasteiger partial charge in [0, 0.05) is 5.56 Å². The molecule has 132 valence electrons. The topological polar surface area (TPSA) is 47.6 Å². The van der Waals surface area contributed by atoms with Gasteiger partial charge in [-0.15, -0.1) is 0 Å². The van der Waals surface area contributed by atoms with Gasteiger partial charge in [-0.25, -0.2) is 0 Å². The van der Waals surface area contributed by atoms with Crippen molar-refractivity contribution in [2.24, 2.45) is 0 Å². The maximum atomic E-state index is 12.6. The predicted octanol–water partition coefficient (Wildman–Crippen LogP) is 4.07. The first-order valence-corrected chi connectivity index (χ1v) is 8.85. The molecule has 4 nitrogen and oxygen atoms in total. The van der Waals surface area contributed by atoms with E-state index in [4.69, 9.17) is 9.47 Å². The molecule has 0 fully saturated rings. The third-order valence-corrected chi connectivity index (χ3v) is 4.70. The Morgan fingerprint density at radius 3 is 2.68 bits per heavy atom. The van der Waals surface area contributed by atoms with Crippen molar-refractivity contribution in [3.8, 4) is 11.5 Å². The summed E-state index contributed by atoms with van der Waals surface area (Å²) >= 11 is 0. The van der Waals surface area contributed by atoms with E-state index < -0.39 is 0 Å². The number of hydrogen-bond acceptors (Lipinski definition) is 3. The fourth-order valence-electron chi connectivity index (χ4n) is 3.30. The van der Waals surface area contributed by atoms with Gasteiger partial charge in [0.2, 0.25) is 0 Å². The second-order valence-electron chi connectivity index (χ2n) is 6.38. The van der Waals surface area contributed by atoms with Crippen LogP contribution in [-0.4, -0.2) is 19.6 Å². The molecule has 0 aromatic heterocycles. The van der Waals surface area contributed by atoms with Gasteiger partial charge >= 0.3 is 0 Å². The molecule has 0 heterocycles. The molecule has 1 unspecified atom stereocenters. The highest BCUT2D eigenvalue weighted by atomic mass is 16.5. The number of amides is 1. The summed E-state index contributed by atoms with van der Waals surface area (Å²) in [5.41, 5.74) is 4.39. The molecule has 0 saturated heterocycles. The lowest BCUT2D eigenvalue weighted by Gasteiger charge is -2.17. The number of aryl methyl sites for hydroxylation is 2. The molecule has 1 aliphatic rings. The fraction of sp³-hybridized carbons (Fsp3) is 0.381. The summed E-state index contributed by atoms with van der Waals surface area (Å²) < 4.78 is 10.9. The van der Waals surface area contributed by atoms with Crippen LogP contribution in [0.5, 0.6) is 11.5 Å². The van der Waals surface area contributed by atoms with Crippen molar-refractivity contribution in [2.45, 2.75) is 39.2 Å². The Morgan fingerprint density at radius 2 is 1.92 bits per heavy atom. The van der Waals surface area contributed by atoms with E-state index in [1.54, 1.807) is 7.11 Å². The lowest BCUT2D eigenvalue weighted by Crippen LogP contribution is -2.26. The Balaban J connectivity index is 1.73. The van der Waals surface area contributed by atoms with Crippen molar-refractivity contribution in [3.05, 3.63) is 58.7 Å². The summed E-state index contributed by atoms with van der Waals surface area (Å²) in [6, 6.07) is 11.7. The van der Waals surface area contributed by atoms with Crippen LogP contribution in [0.25, 0.3) is 0 Å². The highest BCUT2D eigenvalue weighted by Gasteiger charge is 2.17. The summed E-state index contributed by atoms with van der Waals surface area (Å²) in [6.45, 7) is 4.49.